The SMILES string of the molecule is O=C(Nc1cn[nH]c1)c1ccoc1Cl. The molecule has 0 aliphatic rings. The molecule has 6 heteroatoms. The topological polar surface area (TPSA) is 70.9 Å². The fourth-order valence-electron chi connectivity index (χ4n) is 0.973. The Morgan fingerprint density at radius 2 is 2.50 bits per heavy atom. The number of hydrogen-bond acceptors (Lipinski definition) is 3. The van der Waals surface area contributed by atoms with Crippen LogP contribution in [0.25, 0.3) is 0 Å². The third-order valence-electron chi connectivity index (χ3n) is 1.62. The maximum Gasteiger partial charge on any atom is 0.260 e. The van der Waals surface area contributed by atoms with Crippen molar-refractivity contribution in [2.45, 2.75) is 0 Å². The van der Waals surface area contributed by atoms with Crippen molar-refractivity contribution in [1.82, 2.24) is 10.2 Å². The average molecular weight is 212 g/mol. The molecule has 0 saturated carbocycles. The third kappa shape index (κ3) is 1.62. The van der Waals surface area contributed by atoms with Crippen molar-refractivity contribution in [1.29, 1.82) is 0 Å². The Labute approximate surface area is 84.1 Å². The van der Waals surface area contributed by atoms with Gasteiger partial charge in [0.25, 0.3) is 5.91 Å². The number of nitrogens with zero attached hydrogens (tertiary/aromatic N) is 1. The molecule has 2 aromatic heterocycles. The summed E-state index contributed by atoms with van der Waals surface area (Å²) in [6, 6.07) is 1.50. The first kappa shape index (κ1) is 8.83. The molecule has 0 unspecified atom stereocenters. The van der Waals surface area contributed by atoms with Crippen molar-refractivity contribution in [2.24, 2.45) is 0 Å². The van der Waals surface area contributed by atoms with Crippen molar-refractivity contribution in [2.75, 3.05) is 5.32 Å². The third-order valence-corrected chi connectivity index (χ3v) is 1.91. The van der Waals surface area contributed by atoms with E-state index in [-0.39, 0.29) is 11.1 Å². The summed E-state index contributed by atoms with van der Waals surface area (Å²) >= 11 is 5.62. The van der Waals surface area contributed by atoms with E-state index >= 15 is 0 Å². The van der Waals surface area contributed by atoms with Crippen LogP contribution in [0.2, 0.25) is 5.22 Å². The first-order valence-electron chi connectivity index (χ1n) is 3.80. The monoisotopic (exact) mass is 211 g/mol. The maximum absolute atomic E-state index is 11.5. The van der Waals surface area contributed by atoms with Gasteiger partial charge in [-0.3, -0.25) is 9.89 Å². The van der Waals surface area contributed by atoms with Crippen LogP contribution in [0.15, 0.2) is 29.1 Å². The molecule has 0 fully saturated rings. The van der Waals surface area contributed by atoms with Crippen LogP contribution >= 0.6 is 11.6 Å². The molecule has 2 rings (SSSR count). The first-order chi connectivity index (χ1) is 6.77. The van der Waals surface area contributed by atoms with Crippen molar-refractivity contribution in [3.05, 3.63) is 35.5 Å². The van der Waals surface area contributed by atoms with Gasteiger partial charge in [-0.25, -0.2) is 0 Å². The zero-order valence-corrected chi connectivity index (χ0v) is 7.71. The Hall–Kier alpha value is -1.75. The lowest BCUT2D eigenvalue weighted by Gasteiger charge is -1.98. The molecule has 0 radical (unpaired) electrons. The minimum Gasteiger partial charge on any atom is -0.452 e. The van der Waals surface area contributed by atoms with E-state index in [0.29, 0.717) is 11.3 Å². The quantitative estimate of drug-likeness (QED) is 0.797. The standard InChI is InChI=1S/C8H6ClN3O2/c9-7-6(1-2-14-7)8(13)12-5-3-10-11-4-5/h1-4H,(H,10,11)(H,12,13). The number of nitrogens with one attached hydrogen (secondary N) is 2. The highest BCUT2D eigenvalue weighted by atomic mass is 35.5. The van der Waals surface area contributed by atoms with Gasteiger partial charge in [0, 0.05) is 6.20 Å². The zero-order chi connectivity index (χ0) is 9.97. The molecule has 0 bridgehead atoms. The number of rotatable bonds is 2. The van der Waals surface area contributed by atoms with Gasteiger partial charge in [0.2, 0.25) is 5.22 Å². The van der Waals surface area contributed by atoms with E-state index in [1.54, 1.807) is 6.20 Å². The molecule has 5 nitrogen and oxygen atoms in total. The van der Waals surface area contributed by atoms with Gasteiger partial charge in [-0.15, -0.1) is 0 Å². The largest absolute Gasteiger partial charge is 0.452 e. The number of hydrogen-bond donors (Lipinski definition) is 2. The fraction of sp³-hybridized carbons (Fsp3) is 0. The molecule has 72 valence electrons. The number of anilines is 1. The number of aromatic nitrogens is 2. The molecule has 0 aliphatic carbocycles. The van der Waals surface area contributed by atoms with E-state index in [1.165, 1.54) is 18.5 Å². The average Bonchev–Trinajstić information content (AvgIpc) is 2.75. The highest BCUT2D eigenvalue weighted by Gasteiger charge is 2.12. The molecule has 14 heavy (non-hydrogen) atoms. The van der Waals surface area contributed by atoms with Gasteiger partial charge in [0.15, 0.2) is 0 Å². The number of halogens is 1. The van der Waals surface area contributed by atoms with E-state index in [9.17, 15) is 4.79 Å². The molecule has 1 amide bonds. The van der Waals surface area contributed by atoms with Crippen LogP contribution in [0.5, 0.6) is 0 Å². The van der Waals surface area contributed by atoms with Crippen LogP contribution in [-0.4, -0.2) is 16.1 Å². The van der Waals surface area contributed by atoms with Crippen LogP contribution in [-0.2, 0) is 0 Å². The molecule has 0 aromatic carbocycles. The highest BCUT2D eigenvalue weighted by Crippen LogP contribution is 2.17. The van der Waals surface area contributed by atoms with Gasteiger partial charge >= 0.3 is 0 Å². The number of carbonyl (C=O) groups is 1. The van der Waals surface area contributed by atoms with Crippen LogP contribution in [0, 0.1) is 0 Å². The Balaban J connectivity index is 2.14. The highest BCUT2D eigenvalue weighted by molar-refractivity contribution is 6.32. The molecule has 2 heterocycles. The van der Waals surface area contributed by atoms with Gasteiger partial charge in [0.05, 0.1) is 23.7 Å². The number of aromatic amines is 1. The Morgan fingerprint density at radius 1 is 1.64 bits per heavy atom. The molecular weight excluding hydrogens is 206 g/mol. The van der Waals surface area contributed by atoms with E-state index in [2.05, 4.69) is 15.5 Å². The van der Waals surface area contributed by atoms with Crippen LogP contribution < -0.4 is 5.32 Å². The smallest absolute Gasteiger partial charge is 0.260 e. The molecule has 0 saturated heterocycles. The lowest BCUT2D eigenvalue weighted by molar-refractivity contribution is 0.102. The van der Waals surface area contributed by atoms with E-state index < -0.39 is 0 Å². The summed E-state index contributed by atoms with van der Waals surface area (Å²) in [4.78, 5) is 11.5. The Morgan fingerprint density at radius 3 is 3.07 bits per heavy atom. The van der Waals surface area contributed by atoms with E-state index in [0.717, 1.165) is 0 Å². The van der Waals surface area contributed by atoms with Crippen molar-refractivity contribution >= 4 is 23.2 Å². The predicted octanol–water partition coefficient (Wildman–Crippen LogP) is 1.91. The number of carbonyl (C=O) groups excluding carboxylic acids is 1. The molecular formula is C8H6ClN3O2. The first-order valence-corrected chi connectivity index (χ1v) is 4.18. The van der Waals surface area contributed by atoms with Crippen LogP contribution in [0.1, 0.15) is 10.4 Å². The van der Waals surface area contributed by atoms with Gasteiger partial charge in [-0.05, 0) is 17.7 Å². The summed E-state index contributed by atoms with van der Waals surface area (Å²) in [6.07, 6.45) is 4.41. The predicted molar refractivity (Wildman–Crippen MR) is 50.3 cm³/mol. The summed E-state index contributed by atoms with van der Waals surface area (Å²) < 4.78 is 4.79. The number of furan rings is 1. The maximum atomic E-state index is 11.5. The van der Waals surface area contributed by atoms with Crippen molar-refractivity contribution < 1.29 is 9.21 Å². The number of H-pyrrole nitrogens is 1. The summed E-state index contributed by atoms with van der Waals surface area (Å²) in [5.74, 6) is -0.329. The van der Waals surface area contributed by atoms with Gasteiger partial charge in [0.1, 0.15) is 0 Å². The van der Waals surface area contributed by atoms with Crippen LogP contribution in [0.3, 0.4) is 0 Å². The molecule has 0 spiro atoms. The Bertz CT molecular complexity index is 435. The molecule has 2 N–H and O–H groups in total. The molecule has 0 aliphatic heterocycles. The second-order valence-electron chi connectivity index (χ2n) is 2.55. The fourth-order valence-corrected chi connectivity index (χ4v) is 1.17. The number of amides is 1. The van der Waals surface area contributed by atoms with Gasteiger partial charge in [-0.2, -0.15) is 5.10 Å². The molecule has 2 aromatic rings. The van der Waals surface area contributed by atoms with E-state index in [4.69, 9.17) is 16.0 Å². The second-order valence-corrected chi connectivity index (χ2v) is 2.89. The zero-order valence-electron chi connectivity index (χ0n) is 6.95. The Kier molecular flexibility index (Phi) is 2.24. The van der Waals surface area contributed by atoms with Crippen molar-refractivity contribution in [3.63, 3.8) is 0 Å². The molecule has 0 atom stereocenters. The summed E-state index contributed by atoms with van der Waals surface area (Å²) in [5.41, 5.74) is 0.875. The summed E-state index contributed by atoms with van der Waals surface area (Å²) in [7, 11) is 0. The van der Waals surface area contributed by atoms with Gasteiger partial charge < -0.3 is 9.73 Å². The minimum absolute atomic E-state index is 0.0750. The van der Waals surface area contributed by atoms with Crippen LogP contribution in [0.4, 0.5) is 5.69 Å². The lowest BCUT2D eigenvalue weighted by Crippen LogP contribution is -2.10. The minimum atomic E-state index is -0.329. The lowest BCUT2D eigenvalue weighted by atomic mass is 10.3. The summed E-state index contributed by atoms with van der Waals surface area (Å²) in [5, 5.41) is 8.92. The van der Waals surface area contributed by atoms with Gasteiger partial charge in [-0.1, -0.05) is 0 Å². The van der Waals surface area contributed by atoms with E-state index in [1.807, 2.05) is 0 Å². The normalized spacial score (nSPS) is 10.1. The van der Waals surface area contributed by atoms with Crippen molar-refractivity contribution in [3.8, 4) is 0 Å². The second kappa shape index (κ2) is 3.55. The summed E-state index contributed by atoms with van der Waals surface area (Å²) in [6.45, 7) is 0.